The molecule has 3 heterocycles. The van der Waals surface area contributed by atoms with E-state index in [1.807, 2.05) is 12.1 Å². The Bertz CT molecular complexity index is 1410. The molecule has 0 fully saturated rings. The summed E-state index contributed by atoms with van der Waals surface area (Å²) in [7, 11) is 0. The Kier molecular flexibility index (Phi) is 4.46. The third kappa shape index (κ3) is 2.63. The standard InChI is InChI=1S/C22H23N3O2S/c1-6-10-24-15(5)17(16-9-7-8-12(2)19(16)24)11-18-21(27)25-20(26)13(3)14(4)23-22(25)28-18/h7-9,11H,6,10H2,1-5H3/b18-11-. The molecule has 6 heteroatoms. The Morgan fingerprint density at radius 2 is 1.86 bits per heavy atom. The minimum Gasteiger partial charge on any atom is -0.344 e. The van der Waals surface area contributed by atoms with Gasteiger partial charge in [0.15, 0.2) is 0 Å². The summed E-state index contributed by atoms with van der Waals surface area (Å²) in [6.07, 6.45) is 2.96. The molecular weight excluding hydrogens is 370 g/mol. The molecule has 0 radical (unpaired) electrons. The van der Waals surface area contributed by atoms with E-state index < -0.39 is 0 Å². The van der Waals surface area contributed by atoms with E-state index in [0.29, 0.717) is 20.8 Å². The van der Waals surface area contributed by atoms with Crippen LogP contribution in [0.1, 0.15) is 41.4 Å². The summed E-state index contributed by atoms with van der Waals surface area (Å²) in [5, 5.41) is 1.13. The van der Waals surface area contributed by atoms with Crippen molar-refractivity contribution in [1.29, 1.82) is 0 Å². The smallest absolute Gasteiger partial charge is 0.277 e. The average molecular weight is 394 g/mol. The lowest BCUT2D eigenvalue weighted by molar-refractivity contribution is 0.684. The summed E-state index contributed by atoms with van der Waals surface area (Å²) < 4.78 is 4.06. The normalized spacial score (nSPS) is 12.5. The summed E-state index contributed by atoms with van der Waals surface area (Å²) >= 11 is 1.27. The number of thiazole rings is 1. The van der Waals surface area contributed by atoms with Crippen molar-refractivity contribution in [2.75, 3.05) is 0 Å². The summed E-state index contributed by atoms with van der Waals surface area (Å²) in [5.41, 5.74) is 5.23. The Morgan fingerprint density at radius 3 is 2.57 bits per heavy atom. The zero-order chi connectivity index (χ0) is 20.2. The van der Waals surface area contributed by atoms with Gasteiger partial charge in [-0.05, 0) is 45.8 Å². The first-order valence-electron chi connectivity index (χ1n) is 9.48. The summed E-state index contributed by atoms with van der Waals surface area (Å²) in [6, 6.07) is 6.27. The van der Waals surface area contributed by atoms with Crippen LogP contribution in [0.4, 0.5) is 0 Å². The number of rotatable bonds is 3. The highest BCUT2D eigenvalue weighted by atomic mass is 32.1. The van der Waals surface area contributed by atoms with Gasteiger partial charge in [-0.3, -0.25) is 9.59 Å². The van der Waals surface area contributed by atoms with Crippen molar-refractivity contribution < 1.29 is 0 Å². The molecule has 0 spiro atoms. The van der Waals surface area contributed by atoms with Crippen LogP contribution in [-0.4, -0.2) is 14.0 Å². The number of benzene rings is 1. The van der Waals surface area contributed by atoms with Gasteiger partial charge in [-0.2, -0.15) is 0 Å². The van der Waals surface area contributed by atoms with Gasteiger partial charge in [-0.25, -0.2) is 9.38 Å². The molecule has 0 saturated heterocycles. The Hall–Kier alpha value is -2.73. The van der Waals surface area contributed by atoms with Gasteiger partial charge < -0.3 is 4.57 Å². The van der Waals surface area contributed by atoms with E-state index in [1.54, 1.807) is 13.8 Å². The maximum absolute atomic E-state index is 13.0. The number of hydrogen-bond acceptors (Lipinski definition) is 4. The van der Waals surface area contributed by atoms with E-state index in [1.165, 1.54) is 26.8 Å². The Balaban J connectivity index is 2.10. The highest BCUT2D eigenvalue weighted by Crippen LogP contribution is 2.29. The minimum absolute atomic E-state index is 0.274. The molecule has 4 aromatic rings. The van der Waals surface area contributed by atoms with Gasteiger partial charge in [0, 0.05) is 34.4 Å². The van der Waals surface area contributed by atoms with E-state index in [2.05, 4.69) is 42.5 Å². The zero-order valence-corrected chi connectivity index (χ0v) is 17.6. The van der Waals surface area contributed by atoms with Crippen molar-refractivity contribution in [3.05, 3.63) is 71.5 Å². The highest BCUT2D eigenvalue weighted by Gasteiger charge is 2.16. The van der Waals surface area contributed by atoms with Crippen molar-refractivity contribution in [3.63, 3.8) is 0 Å². The molecule has 1 aromatic carbocycles. The molecule has 0 aliphatic carbocycles. The number of nitrogens with zero attached hydrogens (tertiary/aromatic N) is 3. The fourth-order valence-corrected chi connectivity index (χ4v) is 4.83. The predicted molar refractivity (Wildman–Crippen MR) is 116 cm³/mol. The highest BCUT2D eigenvalue weighted by molar-refractivity contribution is 7.15. The van der Waals surface area contributed by atoms with Crippen molar-refractivity contribution in [2.45, 2.75) is 47.6 Å². The van der Waals surface area contributed by atoms with Crippen LogP contribution >= 0.6 is 11.3 Å². The number of aromatic nitrogens is 3. The van der Waals surface area contributed by atoms with Gasteiger partial charge in [0.25, 0.3) is 11.1 Å². The number of fused-ring (bicyclic) bond motifs is 2. The average Bonchev–Trinajstić information content (AvgIpc) is 3.10. The number of aryl methyl sites for hydroxylation is 3. The first kappa shape index (κ1) is 18.6. The fourth-order valence-electron chi connectivity index (χ4n) is 3.84. The summed E-state index contributed by atoms with van der Waals surface area (Å²) in [4.78, 5) is 30.4. The molecule has 0 unspecified atom stereocenters. The van der Waals surface area contributed by atoms with Gasteiger partial charge in [-0.15, -0.1) is 0 Å². The first-order chi connectivity index (χ1) is 13.3. The molecule has 0 amide bonds. The SMILES string of the molecule is CCCn1c(C)c(/C=c2\sc3nc(C)c(C)c(=O)n3c2=O)c2cccc(C)c21. The van der Waals surface area contributed by atoms with Gasteiger partial charge in [0.1, 0.15) is 0 Å². The lowest BCUT2D eigenvalue weighted by atomic mass is 10.1. The molecule has 0 atom stereocenters. The molecule has 28 heavy (non-hydrogen) atoms. The van der Waals surface area contributed by atoms with E-state index in [-0.39, 0.29) is 11.1 Å². The van der Waals surface area contributed by atoms with Gasteiger partial charge in [0.05, 0.1) is 10.0 Å². The topological polar surface area (TPSA) is 56.4 Å². The van der Waals surface area contributed by atoms with Crippen LogP contribution in [0.25, 0.3) is 21.9 Å². The fraction of sp³-hybridized carbons (Fsp3) is 0.318. The monoisotopic (exact) mass is 393 g/mol. The second kappa shape index (κ2) is 6.71. The van der Waals surface area contributed by atoms with Crippen LogP contribution in [0.15, 0.2) is 27.8 Å². The van der Waals surface area contributed by atoms with E-state index >= 15 is 0 Å². The molecule has 0 aliphatic rings. The lowest BCUT2D eigenvalue weighted by Gasteiger charge is -2.07. The second-order valence-electron chi connectivity index (χ2n) is 7.28. The minimum atomic E-state index is -0.288. The van der Waals surface area contributed by atoms with E-state index in [4.69, 9.17) is 0 Å². The van der Waals surface area contributed by atoms with Crippen molar-refractivity contribution in [3.8, 4) is 0 Å². The molecule has 5 nitrogen and oxygen atoms in total. The lowest BCUT2D eigenvalue weighted by Crippen LogP contribution is -2.32. The van der Waals surface area contributed by atoms with E-state index in [9.17, 15) is 9.59 Å². The summed E-state index contributed by atoms with van der Waals surface area (Å²) in [6.45, 7) is 10.8. The Morgan fingerprint density at radius 1 is 1.11 bits per heavy atom. The maximum atomic E-state index is 13.0. The molecular formula is C22H23N3O2S. The quantitative estimate of drug-likeness (QED) is 0.537. The first-order valence-corrected chi connectivity index (χ1v) is 10.3. The van der Waals surface area contributed by atoms with Crippen molar-refractivity contribution in [2.24, 2.45) is 0 Å². The van der Waals surface area contributed by atoms with Gasteiger partial charge in [0.2, 0.25) is 4.96 Å². The van der Waals surface area contributed by atoms with Gasteiger partial charge >= 0.3 is 0 Å². The Labute approximate surface area is 166 Å². The second-order valence-corrected chi connectivity index (χ2v) is 8.29. The molecule has 3 aromatic heterocycles. The maximum Gasteiger partial charge on any atom is 0.277 e. The van der Waals surface area contributed by atoms with Crippen LogP contribution in [0.5, 0.6) is 0 Å². The van der Waals surface area contributed by atoms with Crippen LogP contribution in [0, 0.1) is 27.7 Å². The van der Waals surface area contributed by atoms with Crippen molar-refractivity contribution >= 4 is 33.3 Å². The van der Waals surface area contributed by atoms with Gasteiger partial charge in [-0.1, -0.05) is 36.5 Å². The number of hydrogen-bond donors (Lipinski definition) is 0. The van der Waals surface area contributed by atoms with Crippen LogP contribution in [0.2, 0.25) is 0 Å². The molecule has 0 saturated carbocycles. The molecule has 0 N–H and O–H groups in total. The zero-order valence-electron chi connectivity index (χ0n) is 16.8. The molecule has 4 rings (SSSR count). The molecule has 0 bridgehead atoms. The van der Waals surface area contributed by atoms with Crippen LogP contribution in [-0.2, 0) is 6.54 Å². The van der Waals surface area contributed by atoms with Crippen molar-refractivity contribution in [1.82, 2.24) is 14.0 Å². The third-order valence-electron chi connectivity index (χ3n) is 5.45. The number of para-hydroxylation sites is 1. The molecule has 0 aliphatic heterocycles. The predicted octanol–water partition coefficient (Wildman–Crippen LogP) is 3.26. The van der Waals surface area contributed by atoms with E-state index in [0.717, 1.165) is 29.6 Å². The van der Waals surface area contributed by atoms with Crippen LogP contribution in [0.3, 0.4) is 0 Å². The third-order valence-corrected chi connectivity index (χ3v) is 6.42. The summed E-state index contributed by atoms with van der Waals surface area (Å²) in [5.74, 6) is 0. The van der Waals surface area contributed by atoms with Crippen LogP contribution < -0.4 is 15.7 Å². The largest absolute Gasteiger partial charge is 0.344 e. The molecule has 144 valence electrons.